The van der Waals surface area contributed by atoms with E-state index < -0.39 is 0 Å². The fourth-order valence-electron chi connectivity index (χ4n) is 1.76. The summed E-state index contributed by atoms with van der Waals surface area (Å²) in [6.45, 7) is 4.60. The highest BCUT2D eigenvalue weighted by molar-refractivity contribution is 5.75. The van der Waals surface area contributed by atoms with E-state index in [9.17, 15) is 4.79 Å². The zero-order chi connectivity index (χ0) is 9.68. The predicted octanol–water partition coefficient (Wildman–Crippen LogP) is 2.77. The molecule has 2 heteroatoms. The van der Waals surface area contributed by atoms with E-state index in [1.54, 1.807) is 0 Å². The molecule has 0 unspecified atom stereocenters. The van der Waals surface area contributed by atoms with Crippen LogP contribution in [-0.4, -0.2) is 12.6 Å². The Morgan fingerprint density at radius 3 is 2.77 bits per heavy atom. The standard InChI is InChI=1S/C11H20O2/c1-3-5-6-7-9-8-10(9)11(12)13-4-2/h9-10H,3-8H2,1-2H3/t9-,10-/m0/s1. The average Bonchev–Trinajstić information content (AvgIpc) is 2.85. The van der Waals surface area contributed by atoms with Crippen molar-refractivity contribution >= 4 is 5.97 Å². The van der Waals surface area contributed by atoms with Gasteiger partial charge in [-0.2, -0.15) is 0 Å². The van der Waals surface area contributed by atoms with Gasteiger partial charge in [-0.3, -0.25) is 4.79 Å². The SMILES string of the molecule is CCCCC[C@H]1C[C@@H]1C(=O)OCC. The van der Waals surface area contributed by atoms with Gasteiger partial charge in [0.25, 0.3) is 0 Å². The van der Waals surface area contributed by atoms with Crippen LogP contribution in [0, 0.1) is 11.8 Å². The lowest BCUT2D eigenvalue weighted by atomic mass is 10.1. The molecule has 2 nitrogen and oxygen atoms in total. The van der Waals surface area contributed by atoms with Crippen molar-refractivity contribution in [1.29, 1.82) is 0 Å². The first-order valence-corrected chi connectivity index (χ1v) is 5.46. The van der Waals surface area contributed by atoms with Gasteiger partial charge in [-0.1, -0.05) is 26.2 Å². The van der Waals surface area contributed by atoms with Crippen LogP contribution in [0.5, 0.6) is 0 Å². The zero-order valence-electron chi connectivity index (χ0n) is 8.71. The molecule has 0 aromatic rings. The van der Waals surface area contributed by atoms with Gasteiger partial charge in [0.15, 0.2) is 0 Å². The Hall–Kier alpha value is -0.530. The van der Waals surface area contributed by atoms with E-state index in [2.05, 4.69) is 6.92 Å². The van der Waals surface area contributed by atoms with Gasteiger partial charge in [0.05, 0.1) is 12.5 Å². The van der Waals surface area contributed by atoms with E-state index in [4.69, 9.17) is 4.74 Å². The van der Waals surface area contributed by atoms with Crippen molar-refractivity contribution in [1.82, 2.24) is 0 Å². The summed E-state index contributed by atoms with van der Waals surface area (Å²) in [5.74, 6) is 0.923. The molecule has 0 spiro atoms. The molecule has 1 aliphatic carbocycles. The molecule has 0 bridgehead atoms. The first-order valence-electron chi connectivity index (χ1n) is 5.46. The maximum atomic E-state index is 11.2. The van der Waals surface area contributed by atoms with Crippen LogP contribution in [0.3, 0.4) is 0 Å². The average molecular weight is 184 g/mol. The van der Waals surface area contributed by atoms with E-state index >= 15 is 0 Å². The third-order valence-corrected chi connectivity index (χ3v) is 2.69. The molecular weight excluding hydrogens is 164 g/mol. The molecule has 13 heavy (non-hydrogen) atoms. The topological polar surface area (TPSA) is 26.3 Å². The van der Waals surface area contributed by atoms with E-state index in [-0.39, 0.29) is 11.9 Å². The summed E-state index contributed by atoms with van der Waals surface area (Å²) in [4.78, 5) is 11.2. The molecule has 1 fully saturated rings. The summed E-state index contributed by atoms with van der Waals surface area (Å²) in [5, 5.41) is 0. The van der Waals surface area contributed by atoms with Crippen LogP contribution >= 0.6 is 0 Å². The van der Waals surface area contributed by atoms with Crippen LogP contribution in [0.25, 0.3) is 0 Å². The molecule has 0 radical (unpaired) electrons. The number of hydrogen-bond donors (Lipinski definition) is 0. The molecule has 1 rings (SSSR count). The van der Waals surface area contributed by atoms with Crippen LogP contribution in [0.2, 0.25) is 0 Å². The fraction of sp³-hybridized carbons (Fsp3) is 0.909. The molecule has 2 atom stereocenters. The second-order valence-corrected chi connectivity index (χ2v) is 3.85. The molecule has 0 saturated heterocycles. The summed E-state index contributed by atoms with van der Waals surface area (Å²) in [5.41, 5.74) is 0. The molecule has 1 aliphatic rings. The number of rotatable bonds is 6. The van der Waals surface area contributed by atoms with Crippen LogP contribution < -0.4 is 0 Å². The zero-order valence-corrected chi connectivity index (χ0v) is 8.71. The molecule has 0 amide bonds. The third kappa shape index (κ3) is 3.37. The first-order chi connectivity index (χ1) is 6.29. The van der Waals surface area contributed by atoms with Gasteiger partial charge >= 0.3 is 5.97 Å². The van der Waals surface area contributed by atoms with Crippen molar-refractivity contribution in [2.24, 2.45) is 11.8 Å². The minimum atomic E-state index is 0.0315. The van der Waals surface area contributed by atoms with Crippen molar-refractivity contribution < 1.29 is 9.53 Å². The van der Waals surface area contributed by atoms with Gasteiger partial charge in [-0.05, 0) is 25.7 Å². The second-order valence-electron chi connectivity index (χ2n) is 3.85. The van der Waals surface area contributed by atoms with Crippen LogP contribution in [0.15, 0.2) is 0 Å². The quantitative estimate of drug-likeness (QED) is 0.468. The lowest BCUT2D eigenvalue weighted by Crippen LogP contribution is -2.07. The van der Waals surface area contributed by atoms with Crippen LogP contribution in [0.4, 0.5) is 0 Å². The Labute approximate surface area is 80.7 Å². The Morgan fingerprint density at radius 1 is 1.38 bits per heavy atom. The number of carbonyl (C=O) groups is 1. The molecule has 0 aromatic carbocycles. The minimum Gasteiger partial charge on any atom is -0.466 e. The monoisotopic (exact) mass is 184 g/mol. The lowest BCUT2D eigenvalue weighted by Gasteiger charge is -2.00. The van der Waals surface area contributed by atoms with E-state index in [1.165, 1.54) is 25.7 Å². The van der Waals surface area contributed by atoms with Crippen LogP contribution in [0.1, 0.15) is 46.0 Å². The molecule has 0 aromatic heterocycles. The summed E-state index contributed by atoms with van der Waals surface area (Å²) in [7, 11) is 0. The fourth-order valence-corrected chi connectivity index (χ4v) is 1.76. The lowest BCUT2D eigenvalue weighted by molar-refractivity contribution is -0.145. The molecule has 0 N–H and O–H groups in total. The van der Waals surface area contributed by atoms with Crippen molar-refractivity contribution in [3.05, 3.63) is 0 Å². The van der Waals surface area contributed by atoms with Gasteiger partial charge in [0.2, 0.25) is 0 Å². The Kier molecular flexibility index (Phi) is 4.26. The number of carbonyl (C=O) groups excluding carboxylic acids is 1. The highest BCUT2D eigenvalue weighted by Gasteiger charge is 2.43. The van der Waals surface area contributed by atoms with Gasteiger partial charge in [-0.15, -0.1) is 0 Å². The smallest absolute Gasteiger partial charge is 0.309 e. The van der Waals surface area contributed by atoms with E-state index in [0.29, 0.717) is 12.5 Å². The van der Waals surface area contributed by atoms with Gasteiger partial charge in [0, 0.05) is 0 Å². The Bertz CT molecular complexity index is 165. The first kappa shape index (κ1) is 10.6. The highest BCUT2D eigenvalue weighted by atomic mass is 16.5. The number of esters is 1. The summed E-state index contributed by atoms with van der Waals surface area (Å²) in [6, 6.07) is 0. The molecule has 0 aliphatic heterocycles. The minimum absolute atomic E-state index is 0.0315. The van der Waals surface area contributed by atoms with E-state index in [1.807, 2.05) is 6.92 Å². The maximum Gasteiger partial charge on any atom is 0.309 e. The number of hydrogen-bond acceptors (Lipinski definition) is 2. The van der Waals surface area contributed by atoms with Gasteiger partial charge < -0.3 is 4.74 Å². The molecular formula is C11H20O2. The molecule has 0 heterocycles. The summed E-state index contributed by atoms with van der Waals surface area (Å²) >= 11 is 0. The van der Waals surface area contributed by atoms with Crippen LogP contribution in [-0.2, 0) is 9.53 Å². The normalized spacial score (nSPS) is 25.7. The Morgan fingerprint density at radius 2 is 2.15 bits per heavy atom. The summed E-state index contributed by atoms with van der Waals surface area (Å²) in [6.07, 6.45) is 6.12. The van der Waals surface area contributed by atoms with Gasteiger partial charge in [0.1, 0.15) is 0 Å². The van der Waals surface area contributed by atoms with Crippen molar-refractivity contribution in [3.63, 3.8) is 0 Å². The summed E-state index contributed by atoms with van der Waals surface area (Å²) < 4.78 is 4.96. The number of unbranched alkanes of at least 4 members (excludes halogenated alkanes) is 2. The second kappa shape index (κ2) is 5.25. The number of ether oxygens (including phenoxy) is 1. The molecule has 76 valence electrons. The maximum absolute atomic E-state index is 11.2. The third-order valence-electron chi connectivity index (χ3n) is 2.69. The van der Waals surface area contributed by atoms with E-state index in [0.717, 1.165) is 6.42 Å². The Balaban J connectivity index is 2.04. The van der Waals surface area contributed by atoms with Crippen molar-refractivity contribution in [2.45, 2.75) is 46.0 Å². The largest absolute Gasteiger partial charge is 0.466 e. The van der Waals surface area contributed by atoms with Crippen molar-refractivity contribution in [2.75, 3.05) is 6.61 Å². The van der Waals surface area contributed by atoms with Crippen molar-refractivity contribution in [3.8, 4) is 0 Å². The predicted molar refractivity (Wildman–Crippen MR) is 52.4 cm³/mol. The molecule has 1 saturated carbocycles. The van der Waals surface area contributed by atoms with Gasteiger partial charge in [-0.25, -0.2) is 0 Å². The highest BCUT2D eigenvalue weighted by Crippen LogP contribution is 2.43.